The van der Waals surface area contributed by atoms with Crippen molar-refractivity contribution in [2.24, 2.45) is 0 Å². The molecule has 23 heavy (non-hydrogen) atoms. The van der Waals surface area contributed by atoms with E-state index in [0.717, 1.165) is 25.7 Å². The molecule has 1 saturated carbocycles. The van der Waals surface area contributed by atoms with Crippen molar-refractivity contribution in [1.29, 1.82) is 0 Å². The zero-order chi connectivity index (χ0) is 15.8. The molecule has 1 fully saturated rings. The molecule has 4 rings (SSSR count). The first-order valence-corrected chi connectivity index (χ1v) is 8.40. The normalized spacial score (nSPS) is 16.1. The second-order valence-corrected chi connectivity index (χ2v) is 6.69. The predicted molar refractivity (Wildman–Crippen MR) is 94.7 cm³/mol. The van der Waals surface area contributed by atoms with Gasteiger partial charge in [0.1, 0.15) is 5.78 Å². The van der Waals surface area contributed by atoms with E-state index in [1.165, 1.54) is 33.2 Å². The standard InChI is InChI=1S/C21H21NO/c1-14-3-2-4-16(11-14)17-7-10-21-19(12-17)20(13-22-21)15-5-8-18(23)9-6-15/h2-4,7,10-13,15,22H,5-6,8-9H2,1H3. The second-order valence-electron chi connectivity index (χ2n) is 6.69. The summed E-state index contributed by atoms with van der Waals surface area (Å²) in [7, 11) is 0. The summed E-state index contributed by atoms with van der Waals surface area (Å²) in [5, 5.41) is 1.31. The van der Waals surface area contributed by atoms with Gasteiger partial charge in [0.2, 0.25) is 0 Å². The van der Waals surface area contributed by atoms with Crippen LogP contribution in [0.25, 0.3) is 22.0 Å². The van der Waals surface area contributed by atoms with Crippen molar-refractivity contribution in [2.45, 2.75) is 38.5 Å². The van der Waals surface area contributed by atoms with Crippen molar-refractivity contribution in [3.05, 3.63) is 59.8 Å². The lowest BCUT2D eigenvalue weighted by Gasteiger charge is -2.20. The van der Waals surface area contributed by atoms with Gasteiger partial charge in [-0.25, -0.2) is 0 Å². The number of fused-ring (bicyclic) bond motifs is 1. The summed E-state index contributed by atoms with van der Waals surface area (Å²) in [6, 6.07) is 15.3. The van der Waals surface area contributed by atoms with Crippen LogP contribution >= 0.6 is 0 Å². The summed E-state index contributed by atoms with van der Waals surface area (Å²) in [5.74, 6) is 0.927. The SMILES string of the molecule is Cc1cccc(-c2ccc3[nH]cc(C4CCC(=O)CC4)c3c2)c1. The van der Waals surface area contributed by atoms with Crippen molar-refractivity contribution in [3.8, 4) is 11.1 Å². The van der Waals surface area contributed by atoms with Gasteiger partial charge in [-0.05, 0) is 54.5 Å². The number of aromatic nitrogens is 1. The quantitative estimate of drug-likeness (QED) is 0.678. The second kappa shape index (κ2) is 5.69. The fourth-order valence-corrected chi connectivity index (χ4v) is 3.73. The first-order chi connectivity index (χ1) is 11.2. The smallest absolute Gasteiger partial charge is 0.132 e. The maximum atomic E-state index is 11.5. The molecule has 2 nitrogen and oxygen atoms in total. The first kappa shape index (κ1) is 14.3. The molecule has 2 aromatic carbocycles. The molecular weight excluding hydrogens is 282 g/mol. The van der Waals surface area contributed by atoms with E-state index < -0.39 is 0 Å². The van der Waals surface area contributed by atoms with Crippen molar-refractivity contribution in [2.75, 3.05) is 0 Å². The van der Waals surface area contributed by atoms with Gasteiger partial charge in [0.15, 0.2) is 0 Å². The number of carbonyl (C=O) groups excluding carboxylic acids is 1. The number of hydrogen-bond donors (Lipinski definition) is 1. The zero-order valence-electron chi connectivity index (χ0n) is 13.4. The number of Topliss-reactive ketones (excluding diaryl/α,β-unsaturated/α-hetero) is 1. The largest absolute Gasteiger partial charge is 0.361 e. The number of H-pyrrole nitrogens is 1. The van der Waals surface area contributed by atoms with Crippen LogP contribution in [-0.4, -0.2) is 10.8 Å². The van der Waals surface area contributed by atoms with E-state index in [0.29, 0.717) is 11.7 Å². The summed E-state index contributed by atoms with van der Waals surface area (Å²) >= 11 is 0. The van der Waals surface area contributed by atoms with Crippen molar-refractivity contribution in [1.82, 2.24) is 4.98 Å². The van der Waals surface area contributed by atoms with Gasteiger partial charge < -0.3 is 4.98 Å². The Labute approximate surface area is 136 Å². The van der Waals surface area contributed by atoms with Gasteiger partial charge in [-0.2, -0.15) is 0 Å². The maximum Gasteiger partial charge on any atom is 0.132 e. The van der Waals surface area contributed by atoms with Crippen LogP contribution in [0.2, 0.25) is 0 Å². The molecule has 0 bridgehead atoms. The summed E-state index contributed by atoms with van der Waals surface area (Å²) in [6.45, 7) is 2.13. The topological polar surface area (TPSA) is 32.9 Å². The van der Waals surface area contributed by atoms with E-state index in [4.69, 9.17) is 0 Å². The predicted octanol–water partition coefficient (Wildman–Crippen LogP) is 5.37. The monoisotopic (exact) mass is 303 g/mol. The van der Waals surface area contributed by atoms with Crippen LogP contribution in [0.5, 0.6) is 0 Å². The van der Waals surface area contributed by atoms with Gasteiger partial charge in [-0.3, -0.25) is 4.79 Å². The minimum absolute atomic E-state index is 0.418. The molecular formula is C21H21NO. The molecule has 1 heterocycles. The van der Waals surface area contributed by atoms with Gasteiger partial charge in [0, 0.05) is 29.9 Å². The highest BCUT2D eigenvalue weighted by Crippen LogP contribution is 2.36. The fraction of sp³-hybridized carbons (Fsp3) is 0.286. The van der Waals surface area contributed by atoms with Crippen LogP contribution in [0.1, 0.15) is 42.7 Å². The molecule has 2 heteroatoms. The highest BCUT2D eigenvalue weighted by atomic mass is 16.1. The Hall–Kier alpha value is -2.35. The third-order valence-corrected chi connectivity index (χ3v) is 5.05. The van der Waals surface area contributed by atoms with E-state index >= 15 is 0 Å². The molecule has 0 amide bonds. The average molecular weight is 303 g/mol. The number of hydrogen-bond acceptors (Lipinski definition) is 1. The van der Waals surface area contributed by atoms with Crippen LogP contribution in [0, 0.1) is 6.92 Å². The minimum atomic E-state index is 0.418. The molecule has 0 atom stereocenters. The first-order valence-electron chi connectivity index (χ1n) is 8.40. The number of nitrogens with one attached hydrogen (secondary N) is 1. The number of carbonyl (C=O) groups is 1. The molecule has 3 aromatic rings. The van der Waals surface area contributed by atoms with Gasteiger partial charge in [-0.1, -0.05) is 35.9 Å². The van der Waals surface area contributed by atoms with Crippen molar-refractivity contribution < 1.29 is 4.79 Å². The lowest BCUT2D eigenvalue weighted by Crippen LogP contribution is -2.11. The van der Waals surface area contributed by atoms with E-state index in [1.54, 1.807) is 0 Å². The molecule has 0 spiro atoms. The summed E-state index contributed by atoms with van der Waals surface area (Å²) in [4.78, 5) is 14.9. The van der Waals surface area contributed by atoms with Crippen molar-refractivity contribution >= 4 is 16.7 Å². The Balaban J connectivity index is 1.76. The lowest BCUT2D eigenvalue weighted by atomic mass is 9.83. The Morgan fingerprint density at radius 1 is 1.00 bits per heavy atom. The average Bonchev–Trinajstić information content (AvgIpc) is 2.99. The summed E-state index contributed by atoms with van der Waals surface area (Å²) < 4.78 is 0. The minimum Gasteiger partial charge on any atom is -0.361 e. The van der Waals surface area contributed by atoms with E-state index in [9.17, 15) is 4.79 Å². The van der Waals surface area contributed by atoms with Gasteiger partial charge in [0.05, 0.1) is 0 Å². The van der Waals surface area contributed by atoms with Crippen molar-refractivity contribution in [3.63, 3.8) is 0 Å². The molecule has 0 aliphatic heterocycles. The lowest BCUT2D eigenvalue weighted by molar-refractivity contribution is -0.120. The van der Waals surface area contributed by atoms with E-state index in [1.807, 2.05) is 0 Å². The van der Waals surface area contributed by atoms with Gasteiger partial charge in [0.25, 0.3) is 0 Å². The van der Waals surface area contributed by atoms with Crippen LogP contribution in [0.3, 0.4) is 0 Å². The Morgan fingerprint density at radius 2 is 1.78 bits per heavy atom. The van der Waals surface area contributed by atoms with Crippen LogP contribution in [0.4, 0.5) is 0 Å². The zero-order valence-corrected chi connectivity index (χ0v) is 13.4. The van der Waals surface area contributed by atoms with E-state index in [-0.39, 0.29) is 0 Å². The number of aromatic amines is 1. The molecule has 0 saturated heterocycles. The fourth-order valence-electron chi connectivity index (χ4n) is 3.73. The summed E-state index contributed by atoms with van der Waals surface area (Å²) in [6.07, 6.45) is 5.58. The molecule has 116 valence electrons. The highest BCUT2D eigenvalue weighted by Gasteiger charge is 2.22. The molecule has 1 aliphatic rings. The van der Waals surface area contributed by atoms with Crippen LogP contribution in [-0.2, 0) is 4.79 Å². The Bertz CT molecular complexity index is 864. The maximum absolute atomic E-state index is 11.5. The van der Waals surface area contributed by atoms with Gasteiger partial charge in [-0.15, -0.1) is 0 Å². The molecule has 0 unspecified atom stereocenters. The number of ketones is 1. The third-order valence-electron chi connectivity index (χ3n) is 5.05. The van der Waals surface area contributed by atoms with E-state index in [2.05, 4.69) is 60.6 Å². The third kappa shape index (κ3) is 2.70. The number of aryl methyl sites for hydroxylation is 1. The Morgan fingerprint density at radius 3 is 2.57 bits per heavy atom. The highest BCUT2D eigenvalue weighted by molar-refractivity contribution is 5.89. The van der Waals surface area contributed by atoms with Crippen LogP contribution < -0.4 is 0 Å². The molecule has 1 aromatic heterocycles. The summed E-state index contributed by atoms with van der Waals surface area (Å²) in [5.41, 5.74) is 6.37. The molecule has 1 N–H and O–H groups in total. The molecule has 0 radical (unpaired) electrons. The number of rotatable bonds is 2. The van der Waals surface area contributed by atoms with Crippen LogP contribution in [0.15, 0.2) is 48.7 Å². The molecule has 1 aliphatic carbocycles. The number of benzene rings is 2. The Kier molecular flexibility index (Phi) is 3.53. The van der Waals surface area contributed by atoms with Gasteiger partial charge >= 0.3 is 0 Å².